The molecule has 0 amide bonds. The van der Waals surface area contributed by atoms with E-state index in [0.717, 1.165) is 10.4 Å². The van der Waals surface area contributed by atoms with Crippen molar-refractivity contribution in [3.05, 3.63) is 29.8 Å². The predicted octanol–water partition coefficient (Wildman–Crippen LogP) is -0.157. The number of nitrogen functional groups attached to an aromatic ring is 1. The Morgan fingerprint density at radius 2 is 2.07 bits per heavy atom. The Hall–Kier alpha value is -2.44. The molecule has 0 aliphatic heterocycles. The summed E-state index contributed by atoms with van der Waals surface area (Å²) in [5.74, 6) is 0.319. The highest BCUT2D eigenvalue weighted by atomic mass is 16.3. The second-order valence-electron chi connectivity index (χ2n) is 2.76. The minimum atomic E-state index is 0.116. The summed E-state index contributed by atoms with van der Waals surface area (Å²) >= 11 is 0. The van der Waals surface area contributed by atoms with E-state index in [-0.39, 0.29) is 11.7 Å². The van der Waals surface area contributed by atoms with Gasteiger partial charge in [0.25, 0.3) is 5.95 Å². The summed E-state index contributed by atoms with van der Waals surface area (Å²) < 4.78 is 0. The molecule has 0 aliphatic carbocycles. The largest absolute Gasteiger partial charge is 0.508 e. The summed E-state index contributed by atoms with van der Waals surface area (Å²) in [6.45, 7) is 0. The van der Waals surface area contributed by atoms with Crippen LogP contribution >= 0.6 is 0 Å². The Labute approximate surface area is 84.8 Å². The van der Waals surface area contributed by atoms with Crippen LogP contribution in [0.3, 0.4) is 0 Å². The molecule has 1 aromatic carbocycles. The van der Waals surface area contributed by atoms with Gasteiger partial charge in [-0.15, -0.1) is 0 Å². The zero-order valence-corrected chi connectivity index (χ0v) is 7.65. The fourth-order valence-corrected chi connectivity index (χ4v) is 0.954. The third-order valence-corrected chi connectivity index (χ3v) is 1.69. The molecule has 0 fully saturated rings. The van der Waals surface area contributed by atoms with Crippen LogP contribution in [0.4, 0.5) is 5.95 Å². The molecule has 7 heteroatoms. The first-order chi connectivity index (χ1) is 7.25. The monoisotopic (exact) mass is 204 g/mol. The molecule has 0 spiro atoms. The van der Waals surface area contributed by atoms with Crippen LogP contribution in [0.15, 0.2) is 29.4 Å². The molecule has 7 nitrogen and oxygen atoms in total. The van der Waals surface area contributed by atoms with Gasteiger partial charge in [-0.3, -0.25) is 0 Å². The fourth-order valence-electron chi connectivity index (χ4n) is 0.954. The Morgan fingerprint density at radius 3 is 2.67 bits per heavy atom. The normalized spacial score (nSPS) is 10.9. The van der Waals surface area contributed by atoms with Crippen LogP contribution in [0.5, 0.6) is 5.75 Å². The van der Waals surface area contributed by atoms with Crippen LogP contribution in [0.1, 0.15) is 5.56 Å². The molecule has 2 aromatic rings. The van der Waals surface area contributed by atoms with E-state index in [4.69, 9.17) is 10.8 Å². The quantitative estimate of drug-likeness (QED) is 0.662. The van der Waals surface area contributed by atoms with E-state index in [2.05, 4.69) is 20.6 Å². The molecule has 0 radical (unpaired) electrons. The first-order valence-corrected chi connectivity index (χ1v) is 4.13. The number of anilines is 1. The van der Waals surface area contributed by atoms with Gasteiger partial charge in [-0.2, -0.15) is 5.10 Å². The van der Waals surface area contributed by atoms with Crippen molar-refractivity contribution in [1.82, 2.24) is 20.3 Å². The minimum absolute atomic E-state index is 0.116. The Kier molecular flexibility index (Phi) is 2.28. The first kappa shape index (κ1) is 9.13. The SMILES string of the molecule is Nc1nnnn1/N=C/c1ccc(O)cc1. The van der Waals surface area contributed by atoms with Crippen molar-refractivity contribution in [2.45, 2.75) is 0 Å². The smallest absolute Gasteiger partial charge is 0.263 e. The van der Waals surface area contributed by atoms with Crippen LogP contribution in [-0.2, 0) is 0 Å². The van der Waals surface area contributed by atoms with E-state index >= 15 is 0 Å². The average Bonchev–Trinajstić information content (AvgIpc) is 2.63. The number of nitrogens with zero attached hydrogens (tertiary/aromatic N) is 5. The number of hydrogen-bond acceptors (Lipinski definition) is 6. The minimum Gasteiger partial charge on any atom is -0.508 e. The van der Waals surface area contributed by atoms with Gasteiger partial charge < -0.3 is 10.8 Å². The second-order valence-corrected chi connectivity index (χ2v) is 2.76. The van der Waals surface area contributed by atoms with Crippen LogP contribution in [-0.4, -0.2) is 31.6 Å². The van der Waals surface area contributed by atoms with Crippen molar-refractivity contribution in [2.75, 3.05) is 5.73 Å². The summed E-state index contributed by atoms with van der Waals surface area (Å²) in [6.07, 6.45) is 1.53. The number of benzene rings is 1. The topological polar surface area (TPSA) is 102 Å². The number of hydrogen-bond donors (Lipinski definition) is 2. The molecular weight excluding hydrogens is 196 g/mol. The number of phenols is 1. The molecule has 0 aliphatic rings. The van der Waals surface area contributed by atoms with Crippen LogP contribution < -0.4 is 5.73 Å². The Morgan fingerprint density at radius 1 is 1.33 bits per heavy atom. The van der Waals surface area contributed by atoms with Crippen molar-refractivity contribution in [3.63, 3.8) is 0 Å². The molecule has 2 rings (SSSR count). The Bertz CT molecular complexity index is 474. The lowest BCUT2D eigenvalue weighted by Crippen LogP contribution is -1.99. The van der Waals surface area contributed by atoms with Gasteiger partial charge in [0.05, 0.1) is 6.21 Å². The molecule has 3 N–H and O–H groups in total. The van der Waals surface area contributed by atoms with Crippen molar-refractivity contribution < 1.29 is 5.11 Å². The molecule has 15 heavy (non-hydrogen) atoms. The molecule has 0 atom stereocenters. The summed E-state index contributed by atoms with van der Waals surface area (Å²) in [5, 5.41) is 23.3. The number of nitrogens with two attached hydrogens (primary N) is 1. The molecule has 76 valence electrons. The fraction of sp³-hybridized carbons (Fsp3) is 0. The lowest BCUT2D eigenvalue weighted by atomic mass is 10.2. The van der Waals surface area contributed by atoms with E-state index in [1.807, 2.05) is 0 Å². The van der Waals surface area contributed by atoms with Crippen LogP contribution in [0.2, 0.25) is 0 Å². The number of phenolic OH excluding ortho intramolecular Hbond substituents is 1. The molecule has 0 saturated heterocycles. The maximum absolute atomic E-state index is 9.05. The average molecular weight is 204 g/mol. The summed E-state index contributed by atoms with van der Waals surface area (Å²) in [7, 11) is 0. The summed E-state index contributed by atoms with van der Waals surface area (Å²) in [6, 6.07) is 6.54. The van der Waals surface area contributed by atoms with Gasteiger partial charge in [0.15, 0.2) is 0 Å². The zero-order chi connectivity index (χ0) is 10.7. The van der Waals surface area contributed by atoms with Crippen molar-refractivity contribution in [1.29, 1.82) is 0 Å². The zero-order valence-electron chi connectivity index (χ0n) is 7.65. The molecule has 0 bridgehead atoms. The number of tetrazole rings is 1. The van der Waals surface area contributed by atoms with Crippen molar-refractivity contribution in [3.8, 4) is 5.75 Å². The third kappa shape index (κ3) is 2.08. The van der Waals surface area contributed by atoms with Gasteiger partial charge in [-0.1, -0.05) is 9.89 Å². The lowest BCUT2D eigenvalue weighted by molar-refractivity contribution is 0.475. The summed E-state index contributed by atoms with van der Waals surface area (Å²) in [4.78, 5) is 1.10. The van der Waals surface area contributed by atoms with Gasteiger partial charge >= 0.3 is 0 Å². The molecule has 1 aromatic heterocycles. The van der Waals surface area contributed by atoms with Gasteiger partial charge in [0.1, 0.15) is 5.75 Å². The van der Waals surface area contributed by atoms with E-state index in [9.17, 15) is 0 Å². The van der Waals surface area contributed by atoms with E-state index in [1.165, 1.54) is 6.21 Å². The van der Waals surface area contributed by atoms with Gasteiger partial charge in [-0.05, 0) is 40.3 Å². The van der Waals surface area contributed by atoms with Crippen LogP contribution in [0, 0.1) is 0 Å². The van der Waals surface area contributed by atoms with E-state index in [0.29, 0.717) is 0 Å². The summed E-state index contributed by atoms with van der Waals surface area (Å²) in [5.41, 5.74) is 6.21. The molecule has 0 saturated carbocycles. The number of aromatic nitrogens is 4. The highest BCUT2D eigenvalue weighted by molar-refractivity contribution is 5.79. The third-order valence-electron chi connectivity index (χ3n) is 1.69. The van der Waals surface area contributed by atoms with Crippen molar-refractivity contribution in [2.24, 2.45) is 5.10 Å². The van der Waals surface area contributed by atoms with E-state index in [1.54, 1.807) is 24.3 Å². The highest BCUT2D eigenvalue weighted by Crippen LogP contribution is 2.07. The standard InChI is InChI=1S/C8H8N6O/c9-8-11-12-13-14(8)10-5-6-1-3-7(15)4-2-6/h1-5,15H,(H2,9,11,13)/b10-5+. The second kappa shape index (κ2) is 3.74. The lowest BCUT2D eigenvalue weighted by Gasteiger charge is -1.93. The van der Waals surface area contributed by atoms with Gasteiger partial charge in [0.2, 0.25) is 0 Å². The van der Waals surface area contributed by atoms with Crippen molar-refractivity contribution >= 4 is 12.2 Å². The Balaban J connectivity index is 2.19. The van der Waals surface area contributed by atoms with E-state index < -0.39 is 0 Å². The molecule has 1 heterocycles. The van der Waals surface area contributed by atoms with Crippen LogP contribution in [0.25, 0.3) is 0 Å². The molecular formula is C8H8N6O. The first-order valence-electron chi connectivity index (χ1n) is 4.13. The number of aromatic hydroxyl groups is 1. The number of rotatable bonds is 2. The molecule has 0 unspecified atom stereocenters. The van der Waals surface area contributed by atoms with Gasteiger partial charge in [-0.25, -0.2) is 0 Å². The maximum atomic E-state index is 9.05. The maximum Gasteiger partial charge on any atom is 0.263 e. The van der Waals surface area contributed by atoms with Gasteiger partial charge in [0, 0.05) is 0 Å². The predicted molar refractivity (Wildman–Crippen MR) is 53.3 cm³/mol. The highest BCUT2D eigenvalue weighted by Gasteiger charge is 1.96.